The quantitative estimate of drug-likeness (QED) is 0.635. The number of nitrogens with zero attached hydrogens (tertiary/aromatic N) is 2. The Labute approximate surface area is 115 Å². The summed E-state index contributed by atoms with van der Waals surface area (Å²) in [6.07, 6.45) is 1.90. The van der Waals surface area contributed by atoms with Crippen LogP contribution in [0.3, 0.4) is 0 Å². The highest BCUT2D eigenvalue weighted by Gasteiger charge is 2.45. The van der Waals surface area contributed by atoms with Crippen molar-refractivity contribution < 1.29 is 14.1 Å². The van der Waals surface area contributed by atoms with Crippen molar-refractivity contribution in [3.63, 3.8) is 0 Å². The summed E-state index contributed by atoms with van der Waals surface area (Å²) in [4.78, 5) is 9.72. The maximum atomic E-state index is 13.5. The van der Waals surface area contributed by atoms with Crippen LogP contribution in [0.1, 0.15) is 12.8 Å². The maximum Gasteiger partial charge on any atom is 0.305 e. The molecule has 1 aliphatic carbocycles. The molecule has 0 radical (unpaired) electrons. The van der Waals surface area contributed by atoms with E-state index in [4.69, 9.17) is 4.74 Å². The van der Waals surface area contributed by atoms with Crippen LogP contribution in [0.15, 0.2) is 18.2 Å². The van der Waals surface area contributed by atoms with Gasteiger partial charge in [-0.2, -0.15) is 9.65 Å². The fourth-order valence-electron chi connectivity index (χ4n) is 2.07. The lowest BCUT2D eigenvalue weighted by atomic mass is 9.96. The molecule has 0 amide bonds. The van der Waals surface area contributed by atoms with Crippen molar-refractivity contribution in [1.29, 1.82) is 5.26 Å². The van der Waals surface area contributed by atoms with E-state index >= 15 is 0 Å². The lowest BCUT2D eigenvalue weighted by Gasteiger charge is -2.25. The molecule has 1 fully saturated rings. The summed E-state index contributed by atoms with van der Waals surface area (Å²) in [5.74, 6) is -0.560. The first-order valence-electron chi connectivity index (χ1n) is 6.19. The standard InChI is InChI=1S/C13H14FN3O3/c1-16-13(7-15,9-2-3-9)8-20-10-4-5-12(17(18)19)11(14)6-10/h4-6,9,16H,2-3,8H2,1H3. The molecule has 0 spiro atoms. The monoisotopic (exact) mass is 279 g/mol. The zero-order valence-corrected chi connectivity index (χ0v) is 10.9. The molecule has 1 saturated carbocycles. The van der Waals surface area contributed by atoms with Crippen molar-refractivity contribution in [1.82, 2.24) is 5.32 Å². The van der Waals surface area contributed by atoms with Crippen molar-refractivity contribution in [3.8, 4) is 11.8 Å². The third kappa shape index (κ3) is 2.70. The van der Waals surface area contributed by atoms with E-state index in [0.717, 1.165) is 25.0 Å². The van der Waals surface area contributed by atoms with Crippen LogP contribution in [0.4, 0.5) is 10.1 Å². The Bertz CT molecular complexity index is 568. The van der Waals surface area contributed by atoms with Crippen LogP contribution >= 0.6 is 0 Å². The minimum absolute atomic E-state index is 0.0713. The van der Waals surface area contributed by atoms with Crippen LogP contribution in [0.25, 0.3) is 0 Å². The molecule has 0 aliphatic heterocycles. The lowest BCUT2D eigenvalue weighted by Crippen LogP contribution is -2.49. The van der Waals surface area contributed by atoms with Gasteiger partial charge in [-0.3, -0.25) is 15.4 Å². The molecular weight excluding hydrogens is 265 g/mol. The van der Waals surface area contributed by atoms with Crippen LogP contribution in [0.2, 0.25) is 0 Å². The number of hydrogen-bond donors (Lipinski definition) is 1. The SMILES string of the molecule is CNC(C#N)(COc1ccc([N+](=O)[O-])c(F)c1)C1CC1. The van der Waals surface area contributed by atoms with Crippen LogP contribution in [-0.4, -0.2) is 24.1 Å². The number of likely N-dealkylation sites (N-methyl/N-ethyl adjacent to an activating group) is 1. The molecule has 1 aromatic rings. The fraction of sp³-hybridized carbons (Fsp3) is 0.462. The highest BCUT2D eigenvalue weighted by atomic mass is 19.1. The topological polar surface area (TPSA) is 88.2 Å². The van der Waals surface area contributed by atoms with E-state index in [1.54, 1.807) is 7.05 Å². The van der Waals surface area contributed by atoms with E-state index in [0.29, 0.717) is 0 Å². The number of nitro groups is 1. The van der Waals surface area contributed by atoms with Gasteiger partial charge in [0.15, 0.2) is 0 Å². The molecule has 2 rings (SSSR count). The van der Waals surface area contributed by atoms with E-state index in [1.807, 2.05) is 0 Å². The van der Waals surface area contributed by atoms with Gasteiger partial charge >= 0.3 is 5.69 Å². The van der Waals surface area contributed by atoms with Gasteiger partial charge in [-0.05, 0) is 31.9 Å². The van der Waals surface area contributed by atoms with E-state index in [-0.39, 0.29) is 18.3 Å². The molecule has 1 aromatic carbocycles. The molecule has 7 heteroatoms. The van der Waals surface area contributed by atoms with Gasteiger partial charge < -0.3 is 4.74 Å². The molecule has 0 heterocycles. The molecule has 6 nitrogen and oxygen atoms in total. The largest absolute Gasteiger partial charge is 0.490 e. The average molecular weight is 279 g/mol. The van der Waals surface area contributed by atoms with E-state index < -0.39 is 22.0 Å². The molecule has 0 aromatic heterocycles. The van der Waals surface area contributed by atoms with Crippen molar-refractivity contribution in [2.45, 2.75) is 18.4 Å². The third-order valence-corrected chi connectivity index (χ3v) is 3.50. The van der Waals surface area contributed by atoms with Crippen molar-refractivity contribution >= 4 is 5.69 Å². The molecule has 0 bridgehead atoms. The molecule has 1 aliphatic rings. The van der Waals surface area contributed by atoms with Gasteiger partial charge in [-0.1, -0.05) is 0 Å². The Morgan fingerprint density at radius 2 is 2.35 bits per heavy atom. The number of benzene rings is 1. The fourth-order valence-corrected chi connectivity index (χ4v) is 2.07. The summed E-state index contributed by atoms with van der Waals surface area (Å²) in [6, 6.07) is 5.54. The van der Waals surface area contributed by atoms with Crippen molar-refractivity contribution in [3.05, 3.63) is 34.1 Å². The predicted octanol–water partition coefficient (Wildman–Crippen LogP) is 2.00. The Kier molecular flexibility index (Phi) is 3.86. The first kappa shape index (κ1) is 14.2. The number of rotatable bonds is 6. The van der Waals surface area contributed by atoms with Crippen LogP contribution in [0, 0.1) is 33.2 Å². The van der Waals surface area contributed by atoms with Crippen molar-refractivity contribution in [2.24, 2.45) is 5.92 Å². The second kappa shape index (κ2) is 5.43. The maximum absolute atomic E-state index is 13.5. The zero-order valence-electron chi connectivity index (χ0n) is 10.9. The van der Waals surface area contributed by atoms with Crippen LogP contribution in [-0.2, 0) is 0 Å². The predicted molar refractivity (Wildman–Crippen MR) is 68.7 cm³/mol. The summed E-state index contributed by atoms with van der Waals surface area (Å²) in [6.45, 7) is 0.0713. The van der Waals surface area contributed by atoms with Gasteiger partial charge in [0.2, 0.25) is 5.82 Å². The summed E-state index contributed by atoms with van der Waals surface area (Å²) >= 11 is 0. The third-order valence-electron chi connectivity index (χ3n) is 3.50. The Morgan fingerprint density at radius 3 is 2.80 bits per heavy atom. The number of hydrogen-bond acceptors (Lipinski definition) is 5. The molecular formula is C13H14FN3O3. The number of nitro benzene ring substituents is 1. The van der Waals surface area contributed by atoms with Gasteiger partial charge in [0.25, 0.3) is 0 Å². The van der Waals surface area contributed by atoms with Crippen molar-refractivity contribution in [2.75, 3.05) is 13.7 Å². The van der Waals surface area contributed by atoms with E-state index in [2.05, 4.69) is 11.4 Å². The highest BCUT2D eigenvalue weighted by Crippen LogP contribution is 2.39. The lowest BCUT2D eigenvalue weighted by molar-refractivity contribution is -0.387. The highest BCUT2D eigenvalue weighted by molar-refractivity contribution is 5.38. The minimum atomic E-state index is -0.953. The smallest absolute Gasteiger partial charge is 0.305 e. The average Bonchev–Trinajstić information content (AvgIpc) is 3.25. The number of halogens is 1. The Hall–Kier alpha value is -2.20. The molecule has 106 valence electrons. The van der Waals surface area contributed by atoms with Gasteiger partial charge in [0.1, 0.15) is 17.9 Å². The molecule has 1 unspecified atom stereocenters. The first-order chi connectivity index (χ1) is 9.52. The first-order valence-corrected chi connectivity index (χ1v) is 6.19. The zero-order chi connectivity index (χ0) is 14.8. The normalized spacial score (nSPS) is 17.1. The molecule has 0 saturated heterocycles. The molecule has 20 heavy (non-hydrogen) atoms. The minimum Gasteiger partial charge on any atom is -0.490 e. The summed E-state index contributed by atoms with van der Waals surface area (Å²) < 4.78 is 18.9. The molecule has 1 N–H and O–H groups in total. The van der Waals surface area contributed by atoms with Gasteiger partial charge in [-0.25, -0.2) is 0 Å². The number of nitrogens with one attached hydrogen (secondary N) is 1. The Morgan fingerprint density at radius 1 is 1.65 bits per heavy atom. The summed E-state index contributed by atoms with van der Waals surface area (Å²) in [5, 5.41) is 22.7. The summed E-state index contributed by atoms with van der Waals surface area (Å²) in [7, 11) is 1.68. The Balaban J connectivity index is 2.09. The number of nitriles is 1. The second-order valence-corrected chi connectivity index (χ2v) is 4.77. The van der Waals surface area contributed by atoms with Gasteiger partial charge in [0.05, 0.1) is 11.0 Å². The number of ether oxygens (including phenoxy) is 1. The van der Waals surface area contributed by atoms with Gasteiger partial charge in [-0.15, -0.1) is 0 Å². The summed E-state index contributed by atoms with van der Waals surface area (Å²) in [5.41, 5.74) is -1.39. The van der Waals surface area contributed by atoms with Crippen LogP contribution < -0.4 is 10.1 Å². The van der Waals surface area contributed by atoms with E-state index in [1.165, 1.54) is 6.07 Å². The van der Waals surface area contributed by atoms with Crippen LogP contribution in [0.5, 0.6) is 5.75 Å². The van der Waals surface area contributed by atoms with E-state index in [9.17, 15) is 19.8 Å². The van der Waals surface area contributed by atoms with Gasteiger partial charge in [0, 0.05) is 12.1 Å². The second-order valence-electron chi connectivity index (χ2n) is 4.77. The molecule has 1 atom stereocenters.